The SMILES string of the molecule is CCNC(C)CC(=O)NCCCCCSC. The molecule has 1 unspecified atom stereocenters. The molecule has 0 aromatic rings. The fourth-order valence-electron chi connectivity index (χ4n) is 1.55. The molecule has 0 aliphatic rings. The molecule has 0 fully saturated rings. The van der Waals surface area contributed by atoms with Gasteiger partial charge in [-0.3, -0.25) is 4.79 Å². The molecule has 0 radical (unpaired) electrons. The van der Waals surface area contributed by atoms with Crippen molar-refractivity contribution in [3.05, 3.63) is 0 Å². The van der Waals surface area contributed by atoms with Crippen LogP contribution in [0.2, 0.25) is 0 Å². The molecule has 0 rings (SSSR count). The summed E-state index contributed by atoms with van der Waals surface area (Å²) in [6.45, 7) is 5.84. The van der Waals surface area contributed by atoms with Crippen molar-refractivity contribution in [1.82, 2.24) is 10.6 Å². The standard InChI is InChI=1S/C12H26N2OS/c1-4-13-11(2)10-12(15)14-8-6-5-7-9-16-3/h11,13H,4-10H2,1-3H3,(H,14,15). The van der Waals surface area contributed by atoms with E-state index in [4.69, 9.17) is 0 Å². The van der Waals surface area contributed by atoms with Crippen LogP contribution in [0.3, 0.4) is 0 Å². The lowest BCUT2D eigenvalue weighted by Crippen LogP contribution is -2.34. The van der Waals surface area contributed by atoms with Crippen LogP contribution in [0.5, 0.6) is 0 Å². The van der Waals surface area contributed by atoms with Gasteiger partial charge < -0.3 is 10.6 Å². The summed E-state index contributed by atoms with van der Waals surface area (Å²) < 4.78 is 0. The zero-order valence-electron chi connectivity index (χ0n) is 10.8. The van der Waals surface area contributed by atoms with Crippen molar-refractivity contribution in [2.45, 2.75) is 45.6 Å². The molecule has 4 heteroatoms. The van der Waals surface area contributed by atoms with E-state index in [1.807, 2.05) is 18.7 Å². The van der Waals surface area contributed by atoms with Crippen molar-refractivity contribution in [1.29, 1.82) is 0 Å². The number of thioether (sulfide) groups is 1. The van der Waals surface area contributed by atoms with Crippen LogP contribution in [0.4, 0.5) is 0 Å². The molecule has 0 aliphatic heterocycles. The number of nitrogens with one attached hydrogen (secondary N) is 2. The molecular formula is C12H26N2OS. The van der Waals surface area contributed by atoms with Crippen molar-refractivity contribution < 1.29 is 4.79 Å². The predicted octanol–water partition coefficient (Wildman–Crippen LogP) is 2.02. The number of rotatable bonds is 10. The zero-order valence-corrected chi connectivity index (χ0v) is 11.7. The third-order valence-corrected chi connectivity index (χ3v) is 3.09. The first-order valence-corrected chi connectivity index (χ1v) is 7.59. The molecule has 0 aliphatic carbocycles. The highest BCUT2D eigenvalue weighted by molar-refractivity contribution is 7.98. The van der Waals surface area contributed by atoms with Gasteiger partial charge in [0.05, 0.1) is 0 Å². The van der Waals surface area contributed by atoms with E-state index in [0.717, 1.165) is 19.5 Å². The molecule has 0 saturated carbocycles. The predicted molar refractivity (Wildman–Crippen MR) is 73.0 cm³/mol. The summed E-state index contributed by atoms with van der Waals surface area (Å²) in [4.78, 5) is 11.5. The molecule has 0 spiro atoms. The largest absolute Gasteiger partial charge is 0.356 e. The molecule has 0 heterocycles. The number of hydrogen-bond donors (Lipinski definition) is 2. The van der Waals surface area contributed by atoms with E-state index in [1.54, 1.807) is 0 Å². The number of carbonyl (C=O) groups excluding carboxylic acids is 1. The van der Waals surface area contributed by atoms with E-state index in [1.165, 1.54) is 18.6 Å². The first-order valence-electron chi connectivity index (χ1n) is 6.19. The van der Waals surface area contributed by atoms with E-state index in [0.29, 0.717) is 6.42 Å². The summed E-state index contributed by atoms with van der Waals surface area (Å²) in [5, 5.41) is 6.19. The second-order valence-electron chi connectivity index (χ2n) is 4.07. The van der Waals surface area contributed by atoms with Crippen LogP contribution >= 0.6 is 11.8 Å². The molecule has 96 valence electrons. The third-order valence-electron chi connectivity index (χ3n) is 2.39. The normalized spacial score (nSPS) is 12.4. The van der Waals surface area contributed by atoms with Gasteiger partial charge in [-0.25, -0.2) is 0 Å². The van der Waals surface area contributed by atoms with E-state index < -0.39 is 0 Å². The van der Waals surface area contributed by atoms with Gasteiger partial charge in [0.15, 0.2) is 0 Å². The Kier molecular flexibility index (Phi) is 11.1. The Morgan fingerprint density at radius 3 is 2.69 bits per heavy atom. The second kappa shape index (κ2) is 11.3. The molecular weight excluding hydrogens is 220 g/mol. The minimum Gasteiger partial charge on any atom is -0.356 e. The van der Waals surface area contributed by atoms with Crippen LogP contribution < -0.4 is 10.6 Å². The molecule has 0 aromatic carbocycles. The van der Waals surface area contributed by atoms with Gasteiger partial charge in [-0.1, -0.05) is 13.3 Å². The van der Waals surface area contributed by atoms with Crippen molar-refractivity contribution >= 4 is 17.7 Å². The first kappa shape index (κ1) is 15.8. The van der Waals surface area contributed by atoms with Gasteiger partial charge in [0.2, 0.25) is 5.91 Å². The highest BCUT2D eigenvalue weighted by atomic mass is 32.2. The van der Waals surface area contributed by atoms with Gasteiger partial charge in [-0.15, -0.1) is 0 Å². The monoisotopic (exact) mass is 246 g/mol. The van der Waals surface area contributed by atoms with Crippen LogP contribution in [0.25, 0.3) is 0 Å². The Labute approximate surface area is 104 Å². The molecule has 0 bridgehead atoms. The Hall–Kier alpha value is -0.220. The molecule has 2 N–H and O–H groups in total. The van der Waals surface area contributed by atoms with Crippen LogP contribution in [-0.4, -0.2) is 37.0 Å². The highest BCUT2D eigenvalue weighted by Gasteiger charge is 2.06. The maximum Gasteiger partial charge on any atom is 0.221 e. The van der Waals surface area contributed by atoms with Gasteiger partial charge in [-0.05, 0) is 38.3 Å². The smallest absolute Gasteiger partial charge is 0.221 e. The lowest BCUT2D eigenvalue weighted by Gasteiger charge is -2.11. The summed E-state index contributed by atoms with van der Waals surface area (Å²) in [6.07, 6.45) is 6.28. The summed E-state index contributed by atoms with van der Waals surface area (Å²) in [5.74, 6) is 1.39. The Morgan fingerprint density at radius 1 is 1.31 bits per heavy atom. The third kappa shape index (κ3) is 10.3. The minimum atomic E-state index is 0.165. The second-order valence-corrected chi connectivity index (χ2v) is 5.05. The Balaban J connectivity index is 3.30. The highest BCUT2D eigenvalue weighted by Crippen LogP contribution is 2.01. The van der Waals surface area contributed by atoms with Crippen molar-refractivity contribution in [3.8, 4) is 0 Å². The van der Waals surface area contributed by atoms with E-state index in [9.17, 15) is 4.79 Å². The molecule has 3 nitrogen and oxygen atoms in total. The van der Waals surface area contributed by atoms with E-state index in [2.05, 4.69) is 23.8 Å². The molecule has 16 heavy (non-hydrogen) atoms. The molecule has 1 amide bonds. The minimum absolute atomic E-state index is 0.165. The van der Waals surface area contributed by atoms with Gasteiger partial charge in [0, 0.05) is 19.0 Å². The number of carbonyl (C=O) groups is 1. The molecule has 0 saturated heterocycles. The van der Waals surface area contributed by atoms with Gasteiger partial charge in [0.25, 0.3) is 0 Å². The van der Waals surface area contributed by atoms with Crippen LogP contribution in [0.15, 0.2) is 0 Å². The quantitative estimate of drug-likeness (QED) is 0.580. The summed E-state index contributed by atoms with van der Waals surface area (Å²) in [7, 11) is 0. The Morgan fingerprint density at radius 2 is 2.06 bits per heavy atom. The van der Waals surface area contributed by atoms with Gasteiger partial charge >= 0.3 is 0 Å². The van der Waals surface area contributed by atoms with Crippen LogP contribution in [0, 0.1) is 0 Å². The fraction of sp³-hybridized carbons (Fsp3) is 0.917. The molecule has 0 aromatic heterocycles. The number of hydrogen-bond acceptors (Lipinski definition) is 3. The average molecular weight is 246 g/mol. The van der Waals surface area contributed by atoms with E-state index >= 15 is 0 Å². The zero-order chi connectivity index (χ0) is 12.2. The maximum atomic E-state index is 11.5. The van der Waals surface area contributed by atoms with Gasteiger partial charge in [0.1, 0.15) is 0 Å². The average Bonchev–Trinajstić information content (AvgIpc) is 2.23. The van der Waals surface area contributed by atoms with Crippen molar-refractivity contribution in [3.63, 3.8) is 0 Å². The summed E-state index contributed by atoms with van der Waals surface area (Å²) in [6, 6.07) is 0.279. The van der Waals surface area contributed by atoms with Crippen molar-refractivity contribution in [2.75, 3.05) is 25.1 Å². The summed E-state index contributed by atoms with van der Waals surface area (Å²) in [5.41, 5.74) is 0. The number of unbranched alkanes of at least 4 members (excludes halogenated alkanes) is 2. The lowest BCUT2D eigenvalue weighted by atomic mass is 10.2. The fourth-order valence-corrected chi connectivity index (χ4v) is 2.04. The van der Waals surface area contributed by atoms with Crippen LogP contribution in [-0.2, 0) is 4.79 Å². The summed E-state index contributed by atoms with van der Waals surface area (Å²) >= 11 is 1.88. The van der Waals surface area contributed by atoms with E-state index in [-0.39, 0.29) is 11.9 Å². The Bertz CT molecular complexity index is 176. The van der Waals surface area contributed by atoms with Gasteiger partial charge in [-0.2, -0.15) is 11.8 Å². The topological polar surface area (TPSA) is 41.1 Å². The van der Waals surface area contributed by atoms with Crippen molar-refractivity contribution in [2.24, 2.45) is 0 Å². The van der Waals surface area contributed by atoms with Crippen LogP contribution in [0.1, 0.15) is 39.5 Å². The molecule has 1 atom stereocenters. The first-order chi connectivity index (χ1) is 7.70. The maximum absolute atomic E-state index is 11.5. The lowest BCUT2D eigenvalue weighted by molar-refractivity contribution is -0.121. The number of amides is 1.